The molecule has 0 spiro atoms. The number of aryl methyl sites for hydroxylation is 1. The first kappa shape index (κ1) is 31.1. The molecule has 0 radical (unpaired) electrons. The molecule has 1 aliphatic heterocycles. The van der Waals surface area contributed by atoms with Crippen molar-refractivity contribution in [1.82, 2.24) is 0 Å². The van der Waals surface area contributed by atoms with Gasteiger partial charge in [0.15, 0.2) is 0 Å². The number of benzene rings is 1. The average Bonchev–Trinajstić information content (AvgIpc) is 2.87. The number of allylic oxidation sites excluding steroid dienone is 2. The van der Waals surface area contributed by atoms with Crippen LogP contribution in [-0.2, 0) is 6.42 Å². The number of phenols is 1. The molecule has 0 unspecified atom stereocenters. The van der Waals surface area contributed by atoms with Crippen LogP contribution in [0.25, 0.3) is 0 Å². The lowest BCUT2D eigenvalue weighted by atomic mass is 9.68. The smallest absolute Gasteiger partial charge is 0.127 e. The summed E-state index contributed by atoms with van der Waals surface area (Å²) in [7, 11) is 0. The van der Waals surface area contributed by atoms with Crippen LogP contribution in [0.5, 0.6) is 11.5 Å². The molecule has 0 fully saturated rings. The summed E-state index contributed by atoms with van der Waals surface area (Å²) < 4.78 is 6.50. The molecule has 0 amide bonds. The summed E-state index contributed by atoms with van der Waals surface area (Å²) in [5.74, 6) is 2.07. The van der Waals surface area contributed by atoms with E-state index in [1.54, 1.807) is 0 Å². The SMILES string of the molecule is CCCCCCCCCCCCCCCCCCCCc1cc(O)c2c(c1)OC(C)(C)[C@H]1CCC(C)=C[C@@H]21. The lowest BCUT2D eigenvalue weighted by molar-refractivity contribution is 0.0107. The molecule has 1 aliphatic carbocycles. The van der Waals surface area contributed by atoms with E-state index in [1.807, 2.05) is 6.07 Å². The molecular weight excluding hydrogens is 464 g/mol. The van der Waals surface area contributed by atoms with Gasteiger partial charge < -0.3 is 9.84 Å². The van der Waals surface area contributed by atoms with E-state index < -0.39 is 0 Å². The summed E-state index contributed by atoms with van der Waals surface area (Å²) in [5.41, 5.74) is 3.50. The van der Waals surface area contributed by atoms with Gasteiger partial charge in [0.25, 0.3) is 0 Å². The van der Waals surface area contributed by atoms with Crippen LogP contribution >= 0.6 is 0 Å². The summed E-state index contributed by atoms with van der Waals surface area (Å²) >= 11 is 0. The number of fused-ring (bicyclic) bond motifs is 3. The maximum absolute atomic E-state index is 11.0. The minimum atomic E-state index is -0.187. The molecule has 1 aromatic rings. The molecule has 1 heterocycles. The molecule has 0 bridgehead atoms. The first-order valence-corrected chi connectivity index (χ1v) is 16.6. The van der Waals surface area contributed by atoms with E-state index >= 15 is 0 Å². The quantitative estimate of drug-likeness (QED) is 0.144. The monoisotopic (exact) mass is 524 g/mol. The molecule has 2 atom stereocenters. The second-order valence-corrected chi connectivity index (χ2v) is 13.2. The van der Waals surface area contributed by atoms with Crippen molar-refractivity contribution in [2.24, 2.45) is 5.92 Å². The van der Waals surface area contributed by atoms with Crippen molar-refractivity contribution in [3.63, 3.8) is 0 Å². The largest absolute Gasteiger partial charge is 0.507 e. The summed E-state index contributed by atoms with van der Waals surface area (Å²) in [6.45, 7) is 8.97. The Morgan fingerprint density at radius 2 is 1.26 bits per heavy atom. The zero-order valence-corrected chi connectivity index (χ0v) is 25.6. The van der Waals surface area contributed by atoms with Crippen molar-refractivity contribution in [3.05, 3.63) is 34.9 Å². The number of hydrogen-bond donors (Lipinski definition) is 1. The highest BCUT2D eigenvalue weighted by molar-refractivity contribution is 5.54. The van der Waals surface area contributed by atoms with Gasteiger partial charge in [-0.3, -0.25) is 0 Å². The molecular formula is C36H60O2. The Morgan fingerprint density at radius 1 is 0.763 bits per heavy atom. The Morgan fingerprint density at radius 3 is 1.79 bits per heavy atom. The van der Waals surface area contributed by atoms with E-state index in [2.05, 4.69) is 39.8 Å². The van der Waals surface area contributed by atoms with Gasteiger partial charge in [0.05, 0.1) is 0 Å². The maximum Gasteiger partial charge on any atom is 0.127 e. The van der Waals surface area contributed by atoms with E-state index in [4.69, 9.17) is 4.74 Å². The van der Waals surface area contributed by atoms with Crippen LogP contribution in [0.15, 0.2) is 23.8 Å². The highest BCUT2D eigenvalue weighted by Gasteiger charge is 2.45. The minimum absolute atomic E-state index is 0.187. The first-order chi connectivity index (χ1) is 18.4. The highest BCUT2D eigenvalue weighted by Crippen LogP contribution is 2.53. The van der Waals surface area contributed by atoms with Crippen LogP contribution < -0.4 is 4.74 Å². The van der Waals surface area contributed by atoms with Crippen molar-refractivity contribution in [1.29, 1.82) is 0 Å². The Hall–Kier alpha value is -1.44. The van der Waals surface area contributed by atoms with Crippen LogP contribution in [0, 0.1) is 5.92 Å². The Balaban J connectivity index is 1.23. The molecule has 2 heteroatoms. The summed E-state index contributed by atoms with van der Waals surface area (Å²) in [5, 5.41) is 11.0. The summed E-state index contributed by atoms with van der Waals surface area (Å²) in [6.07, 6.45) is 31.0. The van der Waals surface area contributed by atoms with Crippen LogP contribution in [-0.4, -0.2) is 10.7 Å². The third-order valence-corrected chi connectivity index (χ3v) is 9.35. The van der Waals surface area contributed by atoms with Crippen molar-refractivity contribution in [2.75, 3.05) is 0 Å². The molecule has 0 saturated heterocycles. The zero-order valence-electron chi connectivity index (χ0n) is 25.6. The van der Waals surface area contributed by atoms with Gasteiger partial charge in [0, 0.05) is 17.4 Å². The maximum atomic E-state index is 11.0. The first-order valence-electron chi connectivity index (χ1n) is 16.6. The highest BCUT2D eigenvalue weighted by atomic mass is 16.5. The number of aromatic hydroxyl groups is 1. The minimum Gasteiger partial charge on any atom is -0.507 e. The van der Waals surface area contributed by atoms with Crippen molar-refractivity contribution in [2.45, 2.75) is 174 Å². The van der Waals surface area contributed by atoms with Crippen molar-refractivity contribution >= 4 is 0 Å². The predicted octanol–water partition coefficient (Wildman–Crippen LogP) is 11.6. The van der Waals surface area contributed by atoms with E-state index in [-0.39, 0.29) is 11.5 Å². The second-order valence-electron chi connectivity index (χ2n) is 13.2. The van der Waals surface area contributed by atoms with E-state index in [9.17, 15) is 5.11 Å². The molecule has 3 rings (SSSR count). The van der Waals surface area contributed by atoms with Gasteiger partial charge >= 0.3 is 0 Å². The Bertz CT molecular complexity index is 836. The fraction of sp³-hybridized carbons (Fsp3) is 0.778. The predicted molar refractivity (Wildman–Crippen MR) is 165 cm³/mol. The third-order valence-electron chi connectivity index (χ3n) is 9.35. The molecule has 0 saturated carbocycles. The molecule has 38 heavy (non-hydrogen) atoms. The van der Waals surface area contributed by atoms with Crippen LogP contribution in [0.1, 0.15) is 173 Å². The topological polar surface area (TPSA) is 29.5 Å². The molecule has 1 N–H and O–H groups in total. The Kier molecular flexibility index (Phi) is 13.6. The number of phenolic OH excluding ortho intramolecular Hbond substituents is 1. The summed E-state index contributed by atoms with van der Waals surface area (Å²) in [4.78, 5) is 0. The lowest BCUT2D eigenvalue weighted by Crippen LogP contribution is -2.45. The fourth-order valence-corrected chi connectivity index (χ4v) is 6.95. The number of unbranched alkanes of at least 4 members (excludes halogenated alkanes) is 17. The van der Waals surface area contributed by atoms with Gasteiger partial charge in [0.2, 0.25) is 0 Å². The molecule has 0 aromatic heterocycles. The lowest BCUT2D eigenvalue weighted by Gasteiger charge is -2.46. The van der Waals surface area contributed by atoms with Gasteiger partial charge in [-0.2, -0.15) is 0 Å². The second kappa shape index (κ2) is 16.6. The molecule has 2 aliphatic rings. The summed E-state index contributed by atoms with van der Waals surface area (Å²) in [6, 6.07) is 4.24. The van der Waals surface area contributed by atoms with Gasteiger partial charge in [0.1, 0.15) is 17.1 Å². The van der Waals surface area contributed by atoms with Gasteiger partial charge in [-0.1, -0.05) is 128 Å². The van der Waals surface area contributed by atoms with Crippen molar-refractivity contribution < 1.29 is 9.84 Å². The van der Waals surface area contributed by atoms with E-state index in [0.717, 1.165) is 30.6 Å². The molecule has 1 aromatic carbocycles. The average molecular weight is 525 g/mol. The van der Waals surface area contributed by atoms with Gasteiger partial charge in [-0.25, -0.2) is 0 Å². The normalized spacial score (nSPS) is 19.9. The van der Waals surface area contributed by atoms with Gasteiger partial charge in [-0.15, -0.1) is 0 Å². The number of rotatable bonds is 19. The van der Waals surface area contributed by atoms with E-state index in [1.165, 1.54) is 127 Å². The fourth-order valence-electron chi connectivity index (χ4n) is 6.95. The third kappa shape index (κ3) is 9.95. The van der Waals surface area contributed by atoms with Crippen molar-refractivity contribution in [3.8, 4) is 11.5 Å². The van der Waals surface area contributed by atoms with Crippen LogP contribution in [0.2, 0.25) is 0 Å². The Labute approximate surface area is 236 Å². The van der Waals surface area contributed by atoms with Crippen LogP contribution in [0.3, 0.4) is 0 Å². The number of hydrogen-bond acceptors (Lipinski definition) is 2. The van der Waals surface area contributed by atoms with E-state index in [0.29, 0.717) is 11.7 Å². The van der Waals surface area contributed by atoms with Gasteiger partial charge in [-0.05, 0) is 64.2 Å². The van der Waals surface area contributed by atoms with Crippen LogP contribution in [0.4, 0.5) is 0 Å². The molecule has 216 valence electrons. The standard InChI is InChI=1S/C36H60O2/c1-5-6-7-8-9-10-11-12-13-14-15-16-17-18-19-20-21-22-23-30-27-33(37)35-31-26-29(2)24-25-32(31)36(3,4)38-34(35)28-30/h26-28,31-32,37H,5-25H2,1-4H3/t31-,32+/m1/s1. The number of ether oxygens (including phenoxy) is 1. The molecule has 2 nitrogen and oxygen atoms in total. The zero-order chi connectivity index (χ0) is 27.2.